The zero-order chi connectivity index (χ0) is 19.9. The van der Waals surface area contributed by atoms with Crippen molar-refractivity contribution in [1.82, 2.24) is 25.1 Å². The first-order valence-corrected chi connectivity index (χ1v) is 9.43. The van der Waals surface area contributed by atoms with Gasteiger partial charge in [-0.3, -0.25) is 0 Å². The first-order chi connectivity index (χ1) is 13.6. The van der Waals surface area contributed by atoms with E-state index in [2.05, 4.69) is 25.1 Å². The number of piperazine rings is 1. The summed E-state index contributed by atoms with van der Waals surface area (Å²) in [5, 5.41) is 3.08. The van der Waals surface area contributed by atoms with Gasteiger partial charge in [0.25, 0.3) is 0 Å². The van der Waals surface area contributed by atoms with E-state index in [9.17, 15) is 4.79 Å². The first kappa shape index (κ1) is 19.9. The number of hydrogen-bond acceptors (Lipinski definition) is 6. The lowest BCUT2D eigenvalue weighted by atomic mass is 10.1. The highest BCUT2D eigenvalue weighted by Gasteiger charge is 2.23. The molecule has 28 heavy (non-hydrogen) atoms. The lowest BCUT2D eigenvalue weighted by Crippen LogP contribution is -2.53. The summed E-state index contributed by atoms with van der Waals surface area (Å²) in [7, 11) is 5.68. The Balaban J connectivity index is 1.52. The molecule has 1 fully saturated rings. The van der Waals surface area contributed by atoms with E-state index in [1.165, 1.54) is 0 Å². The number of carbonyl (C=O) groups is 1. The van der Waals surface area contributed by atoms with Crippen LogP contribution in [0.5, 0.6) is 5.75 Å². The molecule has 150 valence electrons. The van der Waals surface area contributed by atoms with Gasteiger partial charge in [0.1, 0.15) is 5.75 Å². The van der Waals surface area contributed by atoms with E-state index < -0.39 is 0 Å². The topological polar surface area (TPSA) is 73.8 Å². The van der Waals surface area contributed by atoms with Crippen LogP contribution in [0.1, 0.15) is 11.6 Å². The summed E-state index contributed by atoms with van der Waals surface area (Å²) in [6.07, 6.45) is 3.48. The Morgan fingerprint density at radius 2 is 1.79 bits per heavy atom. The molecule has 8 heteroatoms. The van der Waals surface area contributed by atoms with E-state index in [0.29, 0.717) is 19.6 Å². The van der Waals surface area contributed by atoms with Gasteiger partial charge in [-0.25, -0.2) is 14.8 Å². The molecule has 1 aromatic carbocycles. The average Bonchev–Trinajstić information content (AvgIpc) is 2.74. The molecule has 1 aliphatic heterocycles. The van der Waals surface area contributed by atoms with Crippen molar-refractivity contribution in [2.45, 2.75) is 6.04 Å². The van der Waals surface area contributed by atoms with Crippen molar-refractivity contribution < 1.29 is 9.53 Å². The van der Waals surface area contributed by atoms with Crippen LogP contribution in [-0.4, -0.2) is 79.7 Å². The number of benzene rings is 1. The van der Waals surface area contributed by atoms with E-state index in [4.69, 9.17) is 4.74 Å². The van der Waals surface area contributed by atoms with E-state index in [-0.39, 0.29) is 12.1 Å². The summed E-state index contributed by atoms with van der Waals surface area (Å²) in [6.45, 7) is 3.30. The first-order valence-electron chi connectivity index (χ1n) is 9.43. The van der Waals surface area contributed by atoms with Gasteiger partial charge < -0.3 is 24.8 Å². The molecule has 0 radical (unpaired) electrons. The van der Waals surface area contributed by atoms with Gasteiger partial charge in [-0.05, 0) is 37.9 Å². The molecule has 2 aromatic rings. The zero-order valence-corrected chi connectivity index (χ0v) is 16.7. The van der Waals surface area contributed by atoms with Gasteiger partial charge in [0.2, 0.25) is 5.95 Å². The van der Waals surface area contributed by atoms with Crippen LogP contribution < -0.4 is 15.0 Å². The van der Waals surface area contributed by atoms with Gasteiger partial charge in [-0.1, -0.05) is 12.1 Å². The van der Waals surface area contributed by atoms with E-state index in [1.54, 1.807) is 25.6 Å². The molecular weight excluding hydrogens is 356 g/mol. The van der Waals surface area contributed by atoms with Crippen LogP contribution in [0.3, 0.4) is 0 Å². The molecule has 3 rings (SSSR count). The van der Waals surface area contributed by atoms with Crippen molar-refractivity contribution >= 4 is 12.0 Å². The summed E-state index contributed by atoms with van der Waals surface area (Å²) in [4.78, 5) is 27.2. The summed E-state index contributed by atoms with van der Waals surface area (Å²) in [5.74, 6) is 1.54. The standard InChI is InChI=1S/C20H28N6O2/c1-24(2)18(16-5-7-17(28-3)8-6-16)15-23-20(27)26-13-11-25(12-14-26)19-21-9-4-10-22-19/h4-10,18H,11-15H2,1-3H3,(H,23,27). The monoisotopic (exact) mass is 384 g/mol. The van der Waals surface area contributed by atoms with E-state index in [1.807, 2.05) is 43.3 Å². The second kappa shape index (κ2) is 9.36. The minimum atomic E-state index is -0.0333. The Morgan fingerprint density at radius 1 is 1.14 bits per heavy atom. The fourth-order valence-electron chi connectivity index (χ4n) is 3.28. The Morgan fingerprint density at radius 3 is 2.36 bits per heavy atom. The Kier molecular flexibility index (Phi) is 6.65. The molecule has 0 saturated carbocycles. The van der Waals surface area contributed by atoms with Gasteiger partial charge >= 0.3 is 6.03 Å². The quantitative estimate of drug-likeness (QED) is 0.816. The van der Waals surface area contributed by atoms with Gasteiger partial charge in [-0.15, -0.1) is 0 Å². The van der Waals surface area contributed by atoms with Crippen molar-refractivity contribution in [3.8, 4) is 5.75 Å². The summed E-state index contributed by atoms with van der Waals surface area (Å²) < 4.78 is 5.22. The Hall–Kier alpha value is -2.87. The molecule has 2 amide bonds. The molecule has 1 atom stereocenters. The zero-order valence-electron chi connectivity index (χ0n) is 16.7. The van der Waals surface area contributed by atoms with Crippen molar-refractivity contribution in [3.05, 3.63) is 48.3 Å². The minimum absolute atomic E-state index is 0.0333. The van der Waals surface area contributed by atoms with Crippen LogP contribution in [0, 0.1) is 0 Å². The van der Waals surface area contributed by atoms with Crippen molar-refractivity contribution in [1.29, 1.82) is 0 Å². The molecule has 1 N–H and O–H groups in total. The third kappa shape index (κ3) is 4.89. The highest BCUT2D eigenvalue weighted by molar-refractivity contribution is 5.74. The fraction of sp³-hybridized carbons (Fsp3) is 0.450. The lowest BCUT2D eigenvalue weighted by molar-refractivity contribution is 0.189. The number of methoxy groups -OCH3 is 1. The largest absolute Gasteiger partial charge is 0.497 e. The lowest BCUT2D eigenvalue weighted by Gasteiger charge is -2.35. The average molecular weight is 384 g/mol. The third-order valence-electron chi connectivity index (χ3n) is 4.97. The molecule has 1 aliphatic rings. The maximum atomic E-state index is 12.6. The second-order valence-electron chi connectivity index (χ2n) is 6.96. The van der Waals surface area contributed by atoms with Gasteiger partial charge in [0.15, 0.2) is 0 Å². The van der Waals surface area contributed by atoms with Crippen LogP contribution in [-0.2, 0) is 0 Å². The van der Waals surface area contributed by atoms with E-state index >= 15 is 0 Å². The minimum Gasteiger partial charge on any atom is -0.497 e. The summed E-state index contributed by atoms with van der Waals surface area (Å²) in [6, 6.07) is 9.82. The SMILES string of the molecule is COc1ccc(C(CNC(=O)N2CCN(c3ncccn3)CC2)N(C)C)cc1. The molecule has 0 aliphatic carbocycles. The predicted molar refractivity (Wildman–Crippen MR) is 109 cm³/mol. The maximum absolute atomic E-state index is 12.6. The number of likely N-dealkylation sites (N-methyl/N-ethyl adjacent to an activating group) is 1. The number of rotatable bonds is 6. The number of carbonyl (C=O) groups excluding carboxylic acids is 1. The molecule has 8 nitrogen and oxygen atoms in total. The second-order valence-corrected chi connectivity index (χ2v) is 6.96. The van der Waals surface area contributed by atoms with Crippen molar-refractivity contribution in [2.24, 2.45) is 0 Å². The Bertz CT molecular complexity index is 745. The highest BCUT2D eigenvalue weighted by atomic mass is 16.5. The van der Waals surface area contributed by atoms with Gasteiger partial charge in [-0.2, -0.15) is 0 Å². The van der Waals surface area contributed by atoms with Crippen LogP contribution in [0.15, 0.2) is 42.7 Å². The van der Waals surface area contributed by atoms with Crippen LogP contribution in [0.2, 0.25) is 0 Å². The van der Waals surface area contributed by atoms with Crippen molar-refractivity contribution in [3.63, 3.8) is 0 Å². The molecule has 2 heterocycles. The maximum Gasteiger partial charge on any atom is 0.317 e. The number of nitrogens with zero attached hydrogens (tertiary/aromatic N) is 5. The third-order valence-corrected chi connectivity index (χ3v) is 4.97. The molecule has 1 saturated heterocycles. The molecule has 0 bridgehead atoms. The molecular formula is C20H28N6O2. The smallest absolute Gasteiger partial charge is 0.317 e. The number of amides is 2. The normalized spacial score (nSPS) is 15.4. The number of hydrogen-bond donors (Lipinski definition) is 1. The molecule has 1 unspecified atom stereocenters. The number of aromatic nitrogens is 2. The van der Waals surface area contributed by atoms with Crippen molar-refractivity contribution in [2.75, 3.05) is 58.8 Å². The van der Waals surface area contributed by atoms with E-state index in [0.717, 1.165) is 30.4 Å². The Labute approximate surface area is 166 Å². The molecule has 1 aromatic heterocycles. The molecule has 0 spiro atoms. The van der Waals surface area contributed by atoms with Crippen LogP contribution in [0.4, 0.5) is 10.7 Å². The predicted octanol–water partition coefficient (Wildman–Crippen LogP) is 1.62. The number of anilines is 1. The van der Waals surface area contributed by atoms with Crippen LogP contribution in [0.25, 0.3) is 0 Å². The van der Waals surface area contributed by atoms with Crippen LogP contribution >= 0.6 is 0 Å². The number of ether oxygens (including phenoxy) is 1. The van der Waals surface area contributed by atoms with Gasteiger partial charge in [0.05, 0.1) is 13.2 Å². The summed E-state index contributed by atoms with van der Waals surface area (Å²) in [5.41, 5.74) is 1.14. The highest BCUT2D eigenvalue weighted by Crippen LogP contribution is 2.21. The summed E-state index contributed by atoms with van der Waals surface area (Å²) >= 11 is 0. The number of nitrogens with one attached hydrogen (secondary N) is 1. The van der Waals surface area contributed by atoms with Gasteiger partial charge in [0, 0.05) is 45.1 Å². The number of urea groups is 1. The fourth-order valence-corrected chi connectivity index (χ4v) is 3.28.